The number of alkyl halides is 3. The van der Waals surface area contributed by atoms with Gasteiger partial charge in [0.2, 0.25) is 0 Å². The number of nitrogens with zero attached hydrogens (tertiary/aromatic N) is 5. The van der Waals surface area contributed by atoms with Crippen molar-refractivity contribution in [3.05, 3.63) is 59.8 Å². The van der Waals surface area contributed by atoms with Gasteiger partial charge in [-0.3, -0.25) is 14.1 Å². The molecule has 3 N–H and O–H groups in total. The Balaban J connectivity index is 0.00000220. The molecule has 0 radical (unpaired) electrons. The normalized spacial score (nSPS) is 16.9. The molecule has 1 amide bonds. The fraction of sp³-hybridized carbons (Fsp3) is 0.407. The lowest BCUT2D eigenvalue weighted by atomic mass is 10.0. The van der Waals surface area contributed by atoms with E-state index in [0.717, 1.165) is 11.8 Å². The van der Waals surface area contributed by atoms with Gasteiger partial charge in [-0.15, -0.1) is 35.0 Å². The van der Waals surface area contributed by atoms with E-state index < -0.39 is 12.2 Å². The number of pyridine rings is 2. The summed E-state index contributed by atoms with van der Waals surface area (Å²) in [5.41, 5.74) is 7.50. The van der Waals surface area contributed by atoms with Gasteiger partial charge in [-0.25, -0.2) is 4.98 Å². The average Bonchev–Trinajstić information content (AvgIpc) is 3.48. The summed E-state index contributed by atoms with van der Waals surface area (Å²) in [4.78, 5) is 18.9. The Morgan fingerprint density at radius 3 is 2.50 bits per heavy atom. The number of halogens is 5. The van der Waals surface area contributed by atoms with Crippen LogP contribution in [-0.4, -0.2) is 61.2 Å². The van der Waals surface area contributed by atoms with E-state index in [1.165, 1.54) is 27.6 Å². The van der Waals surface area contributed by atoms with Crippen LogP contribution < -0.4 is 11.1 Å². The maximum atomic E-state index is 14.2. The molecule has 0 saturated carbocycles. The van der Waals surface area contributed by atoms with E-state index in [1.54, 1.807) is 18.2 Å². The first-order valence-electron chi connectivity index (χ1n) is 12.6. The zero-order valence-corrected chi connectivity index (χ0v) is 23.9. The summed E-state index contributed by atoms with van der Waals surface area (Å²) >= 11 is 0. The SMILES string of the molecule is CCC(C)(C)NC(=O)c1ccc2ccc(-c3nnc4ccc([C@@H](N5CCC(N)C5)C(F)(F)F)cn34)nc2c1.Cl.Cl. The van der Waals surface area contributed by atoms with E-state index in [1.807, 2.05) is 32.9 Å². The van der Waals surface area contributed by atoms with E-state index in [-0.39, 0.29) is 61.0 Å². The van der Waals surface area contributed by atoms with Gasteiger partial charge in [0.15, 0.2) is 11.5 Å². The Bertz CT molecular complexity index is 1510. The number of aromatic nitrogens is 4. The summed E-state index contributed by atoms with van der Waals surface area (Å²) in [6.07, 6.45) is -1.76. The molecule has 13 heteroatoms. The van der Waals surface area contributed by atoms with Gasteiger partial charge in [0.05, 0.1) is 5.52 Å². The van der Waals surface area contributed by atoms with Gasteiger partial charge < -0.3 is 11.1 Å². The summed E-state index contributed by atoms with van der Waals surface area (Å²) in [7, 11) is 0. The van der Waals surface area contributed by atoms with Crippen LogP contribution in [0, 0.1) is 0 Å². The number of hydrogen-bond acceptors (Lipinski definition) is 6. The van der Waals surface area contributed by atoms with Crippen LogP contribution >= 0.6 is 24.8 Å². The first-order valence-corrected chi connectivity index (χ1v) is 12.6. The molecule has 0 spiro atoms. The summed E-state index contributed by atoms with van der Waals surface area (Å²) < 4.78 is 44.0. The molecule has 5 rings (SSSR count). The molecule has 4 aromatic rings. The maximum Gasteiger partial charge on any atom is 0.408 e. The number of rotatable bonds is 6. The zero-order chi connectivity index (χ0) is 27.2. The number of hydrogen-bond donors (Lipinski definition) is 2. The molecular formula is C27H32Cl2F3N7O. The fourth-order valence-electron chi connectivity index (χ4n) is 4.75. The van der Waals surface area contributed by atoms with Gasteiger partial charge in [-0.1, -0.05) is 25.1 Å². The third-order valence-corrected chi connectivity index (χ3v) is 7.19. The third kappa shape index (κ3) is 6.33. The highest BCUT2D eigenvalue weighted by molar-refractivity contribution is 5.98. The molecule has 40 heavy (non-hydrogen) atoms. The number of benzene rings is 1. The second-order valence-electron chi connectivity index (χ2n) is 10.5. The number of likely N-dealkylation sites (tertiary alicyclic amines) is 1. The quantitative estimate of drug-likeness (QED) is 0.311. The van der Waals surface area contributed by atoms with Crippen molar-refractivity contribution in [3.63, 3.8) is 0 Å². The van der Waals surface area contributed by atoms with Gasteiger partial charge in [-0.2, -0.15) is 13.2 Å². The van der Waals surface area contributed by atoms with Crippen molar-refractivity contribution in [1.29, 1.82) is 0 Å². The van der Waals surface area contributed by atoms with Crippen LogP contribution in [0.15, 0.2) is 48.7 Å². The van der Waals surface area contributed by atoms with Crippen molar-refractivity contribution in [2.75, 3.05) is 13.1 Å². The average molecular weight is 599 g/mol. The van der Waals surface area contributed by atoms with E-state index in [9.17, 15) is 18.0 Å². The zero-order valence-electron chi connectivity index (χ0n) is 22.3. The minimum absolute atomic E-state index is 0. The van der Waals surface area contributed by atoms with Crippen LogP contribution in [0.1, 0.15) is 55.6 Å². The monoisotopic (exact) mass is 597 g/mol. The third-order valence-electron chi connectivity index (χ3n) is 7.19. The molecule has 2 atom stereocenters. The van der Waals surface area contributed by atoms with Crippen LogP contribution in [-0.2, 0) is 0 Å². The Morgan fingerprint density at radius 1 is 1.12 bits per heavy atom. The molecule has 0 aliphatic carbocycles. The van der Waals surface area contributed by atoms with Gasteiger partial charge in [0.25, 0.3) is 5.91 Å². The van der Waals surface area contributed by atoms with Crippen molar-refractivity contribution < 1.29 is 18.0 Å². The van der Waals surface area contributed by atoms with E-state index in [0.29, 0.717) is 34.7 Å². The standard InChI is InChI=1S/C27H30F3N7O.2ClH/c1-4-26(2,3)33-25(38)17-6-5-16-7-9-20(32-21(16)13-17)24-35-34-22-10-8-18(14-37(22)24)23(27(28,29)30)36-12-11-19(31)15-36;;/h5-10,13-14,19,23H,4,11-12,15,31H2,1-3H3,(H,33,38);2*1H/t19?,23-;;/m1../s1. The van der Waals surface area contributed by atoms with Gasteiger partial charge in [-0.05, 0) is 56.5 Å². The minimum Gasteiger partial charge on any atom is -0.347 e. The number of nitrogens with two attached hydrogens (primary N) is 1. The Labute approximate surface area is 242 Å². The molecule has 3 aromatic heterocycles. The largest absolute Gasteiger partial charge is 0.408 e. The van der Waals surface area contributed by atoms with E-state index in [2.05, 4.69) is 20.5 Å². The highest BCUT2D eigenvalue weighted by Gasteiger charge is 2.46. The maximum absolute atomic E-state index is 14.2. The van der Waals surface area contributed by atoms with Crippen LogP contribution in [0.4, 0.5) is 13.2 Å². The van der Waals surface area contributed by atoms with Crippen molar-refractivity contribution >= 4 is 47.3 Å². The molecule has 1 aliphatic rings. The van der Waals surface area contributed by atoms with Crippen LogP contribution in [0.3, 0.4) is 0 Å². The minimum atomic E-state index is -4.48. The molecule has 1 unspecified atom stereocenters. The lowest BCUT2D eigenvalue weighted by molar-refractivity contribution is -0.183. The van der Waals surface area contributed by atoms with Crippen molar-refractivity contribution in [2.45, 2.75) is 57.4 Å². The molecule has 1 aromatic carbocycles. The smallest absolute Gasteiger partial charge is 0.347 e. The Morgan fingerprint density at radius 2 is 1.85 bits per heavy atom. The van der Waals surface area contributed by atoms with Crippen LogP contribution in [0.5, 0.6) is 0 Å². The van der Waals surface area contributed by atoms with Crippen molar-refractivity contribution in [2.24, 2.45) is 5.73 Å². The summed E-state index contributed by atoms with van der Waals surface area (Å²) in [5.74, 6) is 0.105. The van der Waals surface area contributed by atoms with E-state index in [4.69, 9.17) is 5.73 Å². The molecule has 1 fully saturated rings. The molecular weight excluding hydrogens is 566 g/mol. The molecule has 1 aliphatic heterocycles. The highest BCUT2D eigenvalue weighted by atomic mass is 35.5. The lowest BCUT2D eigenvalue weighted by Crippen LogP contribution is -2.42. The Hall–Kier alpha value is -2.99. The molecule has 0 bridgehead atoms. The molecule has 216 valence electrons. The summed E-state index contributed by atoms with van der Waals surface area (Å²) in [6.45, 7) is 6.35. The fourth-order valence-corrected chi connectivity index (χ4v) is 4.75. The predicted molar refractivity (Wildman–Crippen MR) is 153 cm³/mol. The number of amides is 1. The number of nitrogens with one attached hydrogen (secondary N) is 1. The summed E-state index contributed by atoms with van der Waals surface area (Å²) in [5, 5.41) is 12.2. The Kier molecular flexibility index (Phi) is 9.35. The van der Waals surface area contributed by atoms with Gasteiger partial charge in [0, 0.05) is 41.8 Å². The lowest BCUT2D eigenvalue weighted by Gasteiger charge is -2.30. The van der Waals surface area contributed by atoms with Crippen molar-refractivity contribution in [1.82, 2.24) is 29.8 Å². The molecule has 4 heterocycles. The highest BCUT2D eigenvalue weighted by Crippen LogP contribution is 2.39. The number of fused-ring (bicyclic) bond motifs is 2. The predicted octanol–water partition coefficient (Wildman–Crippen LogP) is 5.34. The number of carbonyl (C=O) groups is 1. The molecule has 8 nitrogen and oxygen atoms in total. The molecule has 1 saturated heterocycles. The second-order valence-corrected chi connectivity index (χ2v) is 10.5. The summed E-state index contributed by atoms with van der Waals surface area (Å²) in [6, 6.07) is 9.73. The van der Waals surface area contributed by atoms with E-state index >= 15 is 0 Å². The first-order chi connectivity index (χ1) is 17.9. The van der Waals surface area contributed by atoms with Crippen molar-refractivity contribution in [3.8, 4) is 11.5 Å². The van der Waals surface area contributed by atoms with Gasteiger partial charge in [0.1, 0.15) is 11.7 Å². The second kappa shape index (κ2) is 11.9. The first kappa shape index (κ1) is 31.5. The van der Waals surface area contributed by atoms with Crippen LogP contribution in [0.25, 0.3) is 28.1 Å². The van der Waals surface area contributed by atoms with Gasteiger partial charge >= 0.3 is 6.18 Å². The van der Waals surface area contributed by atoms with Crippen LogP contribution in [0.2, 0.25) is 0 Å². The topological polar surface area (TPSA) is 101 Å². The number of carbonyl (C=O) groups excluding carboxylic acids is 1.